The Bertz CT molecular complexity index is 123. The van der Waals surface area contributed by atoms with E-state index in [0.29, 0.717) is 11.5 Å². The van der Waals surface area contributed by atoms with E-state index in [1.165, 1.54) is 19.5 Å². The van der Waals surface area contributed by atoms with E-state index >= 15 is 0 Å². The molecule has 1 atom stereocenters. The Morgan fingerprint density at radius 2 is 1.80 bits per heavy atom. The molecule has 0 bridgehead atoms. The van der Waals surface area contributed by atoms with Gasteiger partial charge in [0.1, 0.15) is 0 Å². The van der Waals surface area contributed by atoms with Crippen molar-refractivity contribution in [1.82, 2.24) is 4.90 Å². The van der Waals surface area contributed by atoms with Crippen LogP contribution in [0.15, 0.2) is 0 Å². The van der Waals surface area contributed by atoms with Crippen molar-refractivity contribution in [1.29, 1.82) is 0 Å². The number of hydrogen-bond donors (Lipinski definition) is 1. The van der Waals surface area contributed by atoms with E-state index in [4.69, 9.17) is 5.73 Å². The van der Waals surface area contributed by atoms with E-state index in [2.05, 4.69) is 11.9 Å². The zero-order valence-corrected chi connectivity index (χ0v) is 7.67. The second-order valence-electron chi connectivity index (χ2n) is 3.35. The summed E-state index contributed by atoms with van der Waals surface area (Å²) in [5.74, 6) is 0. The van der Waals surface area contributed by atoms with Crippen molar-refractivity contribution in [2.45, 2.75) is 12.5 Å². The second kappa shape index (κ2) is 2.86. The van der Waals surface area contributed by atoms with Crippen LogP contribution in [0.3, 0.4) is 0 Å². The molecule has 62 valence electrons. The van der Waals surface area contributed by atoms with Crippen LogP contribution in [-0.4, -0.2) is 31.1 Å². The second-order valence-corrected chi connectivity index (χ2v) is 3.35. The molecule has 0 amide bonds. The summed E-state index contributed by atoms with van der Waals surface area (Å²) >= 11 is 0. The average Bonchev–Trinajstić information content (AvgIpc) is 2.13. The lowest BCUT2D eigenvalue weighted by Gasteiger charge is -2.37. The lowest BCUT2D eigenvalue weighted by molar-refractivity contribution is 0.109. The summed E-state index contributed by atoms with van der Waals surface area (Å²) in [5, 5.41) is 0. The number of nitrogens with zero attached hydrogens (tertiary/aromatic N) is 1. The molecule has 0 aromatic heterocycles. The Labute approximate surface area is 74.0 Å². The molecular weight excluding hydrogens is 171 g/mol. The predicted molar refractivity (Wildman–Crippen MR) is 47.0 cm³/mol. The maximum atomic E-state index is 5.70. The molecule has 2 aliphatic rings. The Morgan fingerprint density at radius 3 is 1.90 bits per heavy atom. The molecule has 2 rings (SSSR count). The van der Waals surface area contributed by atoms with Gasteiger partial charge in [-0.2, -0.15) is 0 Å². The van der Waals surface area contributed by atoms with Crippen molar-refractivity contribution in [3.05, 3.63) is 0 Å². The van der Waals surface area contributed by atoms with E-state index in [1.54, 1.807) is 0 Å². The summed E-state index contributed by atoms with van der Waals surface area (Å²) in [4.78, 5) is 2.33. The standard InChI is InChI=1S/C6H12N2.2ClH/c1-8-3-6(4-8)2-5(6)7;;/h5H,2-4,7H2,1H3;2*1H. The van der Waals surface area contributed by atoms with Crippen LogP contribution in [0.4, 0.5) is 0 Å². The first kappa shape index (κ1) is 10.5. The smallest absolute Gasteiger partial charge is 0.0127 e. The first-order valence-corrected chi connectivity index (χ1v) is 3.17. The quantitative estimate of drug-likeness (QED) is 0.595. The van der Waals surface area contributed by atoms with Gasteiger partial charge in [0, 0.05) is 24.5 Å². The van der Waals surface area contributed by atoms with Crippen LogP contribution < -0.4 is 5.73 Å². The van der Waals surface area contributed by atoms with Gasteiger partial charge in [0.2, 0.25) is 0 Å². The molecule has 1 aliphatic carbocycles. The molecule has 1 saturated carbocycles. The van der Waals surface area contributed by atoms with E-state index in [0.717, 1.165) is 0 Å². The lowest BCUT2D eigenvalue weighted by atomic mass is 9.97. The molecule has 10 heavy (non-hydrogen) atoms. The number of halogens is 2. The molecule has 1 aliphatic heterocycles. The van der Waals surface area contributed by atoms with Crippen molar-refractivity contribution in [3.8, 4) is 0 Å². The van der Waals surface area contributed by atoms with Crippen molar-refractivity contribution in [2.75, 3.05) is 20.1 Å². The van der Waals surface area contributed by atoms with Gasteiger partial charge in [-0.25, -0.2) is 0 Å². The molecule has 0 radical (unpaired) electrons. The summed E-state index contributed by atoms with van der Waals surface area (Å²) < 4.78 is 0. The Hall–Kier alpha value is 0.500. The molecular formula is C6H14Cl2N2. The minimum atomic E-state index is 0. The molecule has 0 aromatic carbocycles. The molecule has 1 spiro atoms. The van der Waals surface area contributed by atoms with E-state index < -0.39 is 0 Å². The minimum absolute atomic E-state index is 0. The van der Waals surface area contributed by atoms with Crippen molar-refractivity contribution in [3.63, 3.8) is 0 Å². The van der Waals surface area contributed by atoms with Crippen LogP contribution >= 0.6 is 24.8 Å². The van der Waals surface area contributed by atoms with Gasteiger partial charge in [-0.15, -0.1) is 24.8 Å². The normalized spacial score (nSPS) is 33.6. The molecule has 0 aromatic rings. The third-order valence-corrected chi connectivity index (χ3v) is 2.42. The van der Waals surface area contributed by atoms with E-state index in [1.807, 2.05) is 0 Å². The van der Waals surface area contributed by atoms with Gasteiger partial charge in [0.05, 0.1) is 0 Å². The van der Waals surface area contributed by atoms with Crippen LogP contribution in [0.1, 0.15) is 6.42 Å². The van der Waals surface area contributed by atoms with Crippen molar-refractivity contribution >= 4 is 24.8 Å². The summed E-state index contributed by atoms with van der Waals surface area (Å²) in [6.07, 6.45) is 1.28. The summed E-state index contributed by atoms with van der Waals surface area (Å²) in [7, 11) is 2.15. The van der Waals surface area contributed by atoms with E-state index in [-0.39, 0.29) is 24.8 Å². The molecule has 1 saturated heterocycles. The number of likely N-dealkylation sites (tertiary alicyclic amines) is 1. The van der Waals surface area contributed by atoms with Crippen molar-refractivity contribution < 1.29 is 0 Å². The molecule has 1 unspecified atom stereocenters. The van der Waals surface area contributed by atoms with Crippen LogP contribution in [-0.2, 0) is 0 Å². The van der Waals surface area contributed by atoms with Gasteiger partial charge >= 0.3 is 0 Å². The maximum Gasteiger partial charge on any atom is 0.0127 e. The van der Waals surface area contributed by atoms with Gasteiger partial charge in [-0.1, -0.05) is 0 Å². The fraction of sp³-hybridized carbons (Fsp3) is 1.00. The summed E-state index contributed by atoms with van der Waals surface area (Å²) in [6.45, 7) is 2.49. The van der Waals surface area contributed by atoms with Crippen LogP contribution in [0.5, 0.6) is 0 Å². The van der Waals surface area contributed by atoms with E-state index in [9.17, 15) is 0 Å². The first-order valence-electron chi connectivity index (χ1n) is 3.17. The Morgan fingerprint density at radius 1 is 1.40 bits per heavy atom. The van der Waals surface area contributed by atoms with Gasteiger partial charge in [-0.05, 0) is 13.5 Å². The Balaban J connectivity index is 0.000000405. The summed E-state index contributed by atoms with van der Waals surface area (Å²) in [6, 6.07) is 0.540. The molecule has 4 heteroatoms. The van der Waals surface area contributed by atoms with Crippen LogP contribution in [0.25, 0.3) is 0 Å². The highest BCUT2D eigenvalue weighted by molar-refractivity contribution is 5.85. The highest BCUT2D eigenvalue weighted by atomic mass is 35.5. The maximum absolute atomic E-state index is 5.70. The summed E-state index contributed by atoms with van der Waals surface area (Å²) in [5.41, 5.74) is 6.30. The third-order valence-electron chi connectivity index (χ3n) is 2.42. The molecule has 2 N–H and O–H groups in total. The lowest BCUT2D eigenvalue weighted by Crippen LogP contribution is -2.48. The largest absolute Gasteiger partial charge is 0.327 e. The fourth-order valence-electron chi connectivity index (χ4n) is 1.77. The molecule has 1 heterocycles. The number of rotatable bonds is 0. The topological polar surface area (TPSA) is 29.3 Å². The van der Waals surface area contributed by atoms with Gasteiger partial charge in [0.15, 0.2) is 0 Å². The highest BCUT2D eigenvalue weighted by Crippen LogP contribution is 2.50. The zero-order chi connectivity index (χ0) is 5.78. The fourth-order valence-corrected chi connectivity index (χ4v) is 1.77. The third kappa shape index (κ3) is 1.26. The van der Waals surface area contributed by atoms with Crippen molar-refractivity contribution in [2.24, 2.45) is 11.1 Å². The highest BCUT2D eigenvalue weighted by Gasteiger charge is 2.58. The molecule has 2 fully saturated rings. The number of hydrogen-bond acceptors (Lipinski definition) is 2. The predicted octanol–water partition coefficient (Wildman–Crippen LogP) is 0.493. The van der Waals surface area contributed by atoms with Gasteiger partial charge in [0.25, 0.3) is 0 Å². The van der Waals surface area contributed by atoms with Gasteiger partial charge in [-0.3, -0.25) is 0 Å². The first-order chi connectivity index (χ1) is 3.73. The minimum Gasteiger partial charge on any atom is -0.327 e. The number of nitrogens with two attached hydrogens (primary N) is 1. The van der Waals surface area contributed by atoms with Crippen LogP contribution in [0.2, 0.25) is 0 Å². The molecule has 2 nitrogen and oxygen atoms in total. The average molecular weight is 185 g/mol. The van der Waals surface area contributed by atoms with Crippen LogP contribution in [0, 0.1) is 5.41 Å². The Kier molecular flexibility index (Phi) is 3.00. The zero-order valence-electron chi connectivity index (χ0n) is 6.04. The monoisotopic (exact) mass is 184 g/mol. The SMILES string of the molecule is CN1CC2(CC2N)C1.Cl.Cl. The van der Waals surface area contributed by atoms with Gasteiger partial charge < -0.3 is 10.6 Å².